The van der Waals surface area contributed by atoms with E-state index in [9.17, 15) is 18.0 Å². The Morgan fingerprint density at radius 3 is 2.24 bits per heavy atom. The molecule has 0 spiro atoms. The van der Waals surface area contributed by atoms with Crippen molar-refractivity contribution in [1.82, 2.24) is 10.9 Å². The van der Waals surface area contributed by atoms with Gasteiger partial charge in [0.15, 0.2) is 15.9 Å². The first-order valence-electron chi connectivity index (χ1n) is 8.92. The number of carbonyl (C=O) groups is 2. The monoisotopic (exact) mass is 420 g/mol. The second kappa shape index (κ2) is 9.42. The lowest BCUT2D eigenvalue weighted by Crippen LogP contribution is -2.47. The molecular formula is C20H24N2O6S. The van der Waals surface area contributed by atoms with Gasteiger partial charge in [0, 0.05) is 11.8 Å². The molecule has 0 heterocycles. The van der Waals surface area contributed by atoms with Crippen LogP contribution in [0.15, 0.2) is 47.4 Å². The van der Waals surface area contributed by atoms with Gasteiger partial charge in [0.25, 0.3) is 11.8 Å². The standard InChI is InChI=1S/C20H24N2O6S/c1-5-27-15-7-9-16(10-8-15)28-14(3)19(23)21-22-20(24)18-12-17(29(4,25)26)11-6-13(18)2/h6-12,14H,5H2,1-4H3,(H,21,23)(H,22,24)/t14-/m0/s1. The molecule has 2 N–H and O–H groups in total. The zero-order valence-corrected chi connectivity index (χ0v) is 17.5. The Morgan fingerprint density at radius 2 is 1.66 bits per heavy atom. The van der Waals surface area contributed by atoms with E-state index in [0.29, 0.717) is 23.7 Å². The Hall–Kier alpha value is -3.07. The molecule has 0 aromatic heterocycles. The topological polar surface area (TPSA) is 111 Å². The van der Waals surface area contributed by atoms with Crippen LogP contribution in [-0.2, 0) is 14.6 Å². The second-order valence-corrected chi connectivity index (χ2v) is 8.37. The van der Waals surface area contributed by atoms with Crippen LogP contribution in [0.25, 0.3) is 0 Å². The molecule has 0 unspecified atom stereocenters. The smallest absolute Gasteiger partial charge is 0.279 e. The van der Waals surface area contributed by atoms with Crippen LogP contribution < -0.4 is 20.3 Å². The Bertz CT molecular complexity index is 987. The second-order valence-electron chi connectivity index (χ2n) is 6.36. The molecule has 0 aliphatic heterocycles. The number of hydrogen-bond donors (Lipinski definition) is 2. The van der Waals surface area contributed by atoms with Gasteiger partial charge in [0.2, 0.25) is 0 Å². The molecule has 2 aromatic rings. The zero-order valence-electron chi connectivity index (χ0n) is 16.7. The molecule has 0 aliphatic carbocycles. The number of rotatable bonds is 7. The molecule has 0 saturated heterocycles. The maximum atomic E-state index is 12.4. The molecule has 2 amide bonds. The van der Waals surface area contributed by atoms with Crippen LogP contribution in [0.4, 0.5) is 0 Å². The highest BCUT2D eigenvalue weighted by atomic mass is 32.2. The Balaban J connectivity index is 1.96. The number of ether oxygens (including phenoxy) is 2. The summed E-state index contributed by atoms with van der Waals surface area (Å²) in [7, 11) is -3.46. The molecule has 2 aromatic carbocycles. The van der Waals surface area contributed by atoms with Crippen molar-refractivity contribution in [3.05, 3.63) is 53.6 Å². The normalized spacial score (nSPS) is 12.0. The first kappa shape index (κ1) is 22.2. The molecule has 1 atom stereocenters. The highest BCUT2D eigenvalue weighted by Crippen LogP contribution is 2.19. The Labute approximate surface area is 170 Å². The third kappa shape index (κ3) is 6.21. The fourth-order valence-electron chi connectivity index (χ4n) is 2.40. The number of carbonyl (C=O) groups excluding carboxylic acids is 2. The van der Waals surface area contributed by atoms with Crippen LogP contribution in [0.2, 0.25) is 0 Å². The largest absolute Gasteiger partial charge is 0.494 e. The minimum Gasteiger partial charge on any atom is -0.494 e. The van der Waals surface area contributed by atoms with E-state index >= 15 is 0 Å². The summed E-state index contributed by atoms with van der Waals surface area (Å²) in [4.78, 5) is 24.6. The molecule has 156 valence electrons. The van der Waals surface area contributed by atoms with Gasteiger partial charge in [-0.05, 0) is 62.7 Å². The van der Waals surface area contributed by atoms with Gasteiger partial charge >= 0.3 is 0 Å². The SMILES string of the molecule is CCOc1ccc(O[C@@H](C)C(=O)NNC(=O)c2cc(S(C)(=O)=O)ccc2C)cc1. The number of aryl methyl sites for hydroxylation is 1. The number of benzene rings is 2. The van der Waals surface area contributed by atoms with Crippen molar-refractivity contribution in [2.45, 2.75) is 31.8 Å². The van der Waals surface area contributed by atoms with Crippen LogP contribution in [-0.4, -0.2) is 39.2 Å². The average molecular weight is 420 g/mol. The van der Waals surface area contributed by atoms with Crippen molar-refractivity contribution in [1.29, 1.82) is 0 Å². The van der Waals surface area contributed by atoms with Gasteiger partial charge in [-0.3, -0.25) is 20.4 Å². The van der Waals surface area contributed by atoms with E-state index in [-0.39, 0.29) is 10.5 Å². The summed E-state index contributed by atoms with van der Waals surface area (Å²) in [6.07, 6.45) is 0.179. The van der Waals surface area contributed by atoms with Gasteiger partial charge in [-0.2, -0.15) is 0 Å². The van der Waals surface area contributed by atoms with E-state index in [2.05, 4.69) is 10.9 Å². The summed E-state index contributed by atoms with van der Waals surface area (Å²) in [6, 6.07) is 11.0. The van der Waals surface area contributed by atoms with Gasteiger partial charge in [0.1, 0.15) is 11.5 Å². The van der Waals surface area contributed by atoms with Gasteiger partial charge < -0.3 is 9.47 Å². The van der Waals surface area contributed by atoms with E-state index < -0.39 is 27.8 Å². The number of amides is 2. The number of nitrogens with one attached hydrogen (secondary N) is 2. The van der Waals surface area contributed by atoms with Gasteiger partial charge in [-0.15, -0.1) is 0 Å². The molecule has 0 aliphatic rings. The summed E-state index contributed by atoms with van der Waals surface area (Å²) >= 11 is 0. The molecule has 0 saturated carbocycles. The summed E-state index contributed by atoms with van der Waals surface area (Å²) < 4.78 is 34.2. The quantitative estimate of drug-likeness (QED) is 0.663. The van der Waals surface area contributed by atoms with E-state index in [1.807, 2.05) is 6.92 Å². The van der Waals surface area contributed by atoms with Gasteiger partial charge in [0.05, 0.1) is 11.5 Å². The Morgan fingerprint density at radius 1 is 1.03 bits per heavy atom. The zero-order chi connectivity index (χ0) is 21.6. The minimum atomic E-state index is -3.46. The van der Waals surface area contributed by atoms with Gasteiger partial charge in [-0.25, -0.2) is 8.42 Å². The maximum absolute atomic E-state index is 12.4. The third-order valence-corrected chi connectivity index (χ3v) is 5.11. The molecule has 0 bridgehead atoms. The molecular weight excluding hydrogens is 396 g/mol. The van der Waals surface area contributed by atoms with E-state index in [4.69, 9.17) is 9.47 Å². The summed E-state index contributed by atoms with van der Waals surface area (Å²) in [5.74, 6) is -0.0335. The molecule has 29 heavy (non-hydrogen) atoms. The molecule has 0 radical (unpaired) electrons. The average Bonchev–Trinajstić information content (AvgIpc) is 2.67. The van der Waals surface area contributed by atoms with Crippen molar-refractivity contribution >= 4 is 21.7 Å². The lowest BCUT2D eigenvalue weighted by molar-refractivity contribution is -0.128. The van der Waals surface area contributed by atoms with Crippen LogP contribution in [0.5, 0.6) is 11.5 Å². The molecule has 0 fully saturated rings. The fraction of sp³-hybridized carbons (Fsp3) is 0.300. The van der Waals surface area contributed by atoms with E-state index in [1.165, 1.54) is 25.1 Å². The van der Waals surface area contributed by atoms with E-state index in [0.717, 1.165) is 6.26 Å². The minimum absolute atomic E-state index is 0.0202. The predicted molar refractivity (Wildman–Crippen MR) is 108 cm³/mol. The van der Waals surface area contributed by atoms with Crippen LogP contribution in [0.1, 0.15) is 29.8 Å². The first-order valence-corrected chi connectivity index (χ1v) is 10.8. The highest BCUT2D eigenvalue weighted by molar-refractivity contribution is 7.90. The van der Waals surface area contributed by atoms with E-state index in [1.54, 1.807) is 31.2 Å². The number of hydrazine groups is 1. The maximum Gasteiger partial charge on any atom is 0.279 e. The van der Waals surface area contributed by atoms with Gasteiger partial charge in [-0.1, -0.05) is 6.07 Å². The third-order valence-electron chi connectivity index (χ3n) is 4.00. The number of sulfone groups is 1. The van der Waals surface area contributed by atoms with Crippen LogP contribution >= 0.6 is 0 Å². The highest BCUT2D eigenvalue weighted by Gasteiger charge is 2.18. The molecule has 9 heteroatoms. The molecule has 8 nitrogen and oxygen atoms in total. The van der Waals surface area contributed by atoms with Crippen molar-refractivity contribution in [3.8, 4) is 11.5 Å². The number of hydrogen-bond acceptors (Lipinski definition) is 6. The first-order chi connectivity index (χ1) is 13.6. The lowest BCUT2D eigenvalue weighted by atomic mass is 10.1. The molecule has 2 rings (SSSR count). The summed E-state index contributed by atoms with van der Waals surface area (Å²) in [5.41, 5.74) is 5.28. The van der Waals surface area contributed by atoms with Crippen LogP contribution in [0.3, 0.4) is 0 Å². The van der Waals surface area contributed by atoms with Crippen molar-refractivity contribution < 1.29 is 27.5 Å². The van der Waals surface area contributed by atoms with Crippen molar-refractivity contribution in [2.24, 2.45) is 0 Å². The predicted octanol–water partition coefficient (Wildman–Crippen LogP) is 2.03. The fourth-order valence-corrected chi connectivity index (χ4v) is 3.05. The van der Waals surface area contributed by atoms with Crippen molar-refractivity contribution in [2.75, 3.05) is 12.9 Å². The summed E-state index contributed by atoms with van der Waals surface area (Å²) in [6.45, 7) is 5.63. The summed E-state index contributed by atoms with van der Waals surface area (Å²) in [5, 5.41) is 0. The van der Waals surface area contributed by atoms with Crippen LogP contribution in [0, 0.1) is 6.92 Å². The lowest BCUT2D eigenvalue weighted by Gasteiger charge is -2.16. The van der Waals surface area contributed by atoms with Crippen molar-refractivity contribution in [3.63, 3.8) is 0 Å². The Kier molecular flexibility index (Phi) is 7.22.